The lowest BCUT2D eigenvalue weighted by atomic mass is 9.47. The first kappa shape index (κ1) is 70.0. The lowest BCUT2D eigenvalue weighted by molar-refractivity contribution is -0.152. The Labute approximate surface area is 561 Å². The number of hydrogen-bond acceptors (Lipinski definition) is 19. The number of rotatable bonds is 16. The molecular weight excluding hydrogens is 1210 g/mol. The van der Waals surface area contributed by atoms with Crippen LogP contribution in [0.4, 0.5) is 0 Å². The summed E-state index contributed by atoms with van der Waals surface area (Å²) < 4.78 is 57.7. The van der Waals surface area contributed by atoms with E-state index >= 15 is 0 Å². The maximum Gasteiger partial charge on any atom is 0.586 e. The molecule has 5 aliphatic heterocycles. The smallest absolute Gasteiger partial charge is 0.586 e. The number of ether oxygens (including phenoxy) is 4. The van der Waals surface area contributed by atoms with Crippen molar-refractivity contribution in [3.63, 3.8) is 0 Å². The fourth-order valence-electron chi connectivity index (χ4n) is 14.3. The second-order valence-corrected chi connectivity index (χ2v) is 26.5. The molecule has 95 heavy (non-hydrogen) atoms. The van der Waals surface area contributed by atoms with E-state index in [1.54, 1.807) is 19.0 Å². The summed E-state index contributed by atoms with van der Waals surface area (Å²) in [7, 11) is 0. The van der Waals surface area contributed by atoms with Gasteiger partial charge in [-0.15, -0.1) is 5.98 Å². The molecule has 0 spiro atoms. The van der Waals surface area contributed by atoms with Crippen LogP contribution in [0.1, 0.15) is 133 Å². The quantitative estimate of drug-likeness (QED) is 0.0510. The summed E-state index contributed by atoms with van der Waals surface area (Å²) in [5.74, 6) is -0.634. The highest BCUT2D eigenvalue weighted by Crippen LogP contribution is 2.55. The molecule has 0 bridgehead atoms. The van der Waals surface area contributed by atoms with Crippen molar-refractivity contribution in [3.8, 4) is 0 Å². The van der Waals surface area contributed by atoms with Crippen molar-refractivity contribution < 1.29 is 77.1 Å². The number of nitrogens with zero attached hydrogens (tertiary/aromatic N) is 3. The van der Waals surface area contributed by atoms with Crippen molar-refractivity contribution in [2.45, 2.75) is 159 Å². The average molecular weight is 1300 g/mol. The van der Waals surface area contributed by atoms with Crippen LogP contribution in [-0.4, -0.2) is 151 Å². The van der Waals surface area contributed by atoms with Crippen LogP contribution in [0.2, 0.25) is 0 Å². The molecule has 2 unspecified atom stereocenters. The molecule has 5 aromatic rings. The molecule has 504 valence electrons. The molecule has 0 radical (unpaired) electrons. The molecule has 22 heteroatoms. The molecule has 3 saturated carbocycles. The van der Waals surface area contributed by atoms with Crippen LogP contribution in [0, 0.1) is 26.4 Å². The first-order valence-electron chi connectivity index (χ1n) is 33.4. The minimum atomic E-state index is -2.51. The van der Waals surface area contributed by atoms with Gasteiger partial charge < -0.3 is 46.9 Å². The van der Waals surface area contributed by atoms with Crippen LogP contribution in [-0.2, 0) is 88.9 Å². The third-order valence-electron chi connectivity index (χ3n) is 19.6. The molecule has 0 aromatic heterocycles. The average Bonchev–Trinajstić information content (AvgIpc) is 1.53. The largest absolute Gasteiger partial charge is 0.614 e. The van der Waals surface area contributed by atoms with Crippen molar-refractivity contribution in [1.82, 2.24) is 14.7 Å². The van der Waals surface area contributed by atoms with Crippen molar-refractivity contribution in [1.29, 1.82) is 0 Å². The molecule has 3 aliphatic carbocycles. The van der Waals surface area contributed by atoms with Gasteiger partial charge in [-0.3, -0.25) is 43.5 Å². The number of epoxide rings is 2. The van der Waals surface area contributed by atoms with Gasteiger partial charge >= 0.3 is 19.7 Å². The molecule has 8 aliphatic rings. The highest BCUT2D eigenvalue weighted by atomic mass is 16.7. The molecule has 5 aromatic carbocycles. The van der Waals surface area contributed by atoms with Crippen LogP contribution in [0.15, 0.2) is 158 Å². The Morgan fingerprint density at radius 2 is 0.947 bits per heavy atom. The van der Waals surface area contributed by atoms with E-state index in [9.17, 15) is 28.8 Å². The van der Waals surface area contributed by atoms with Crippen LogP contribution < -0.4 is 0 Å². The Kier molecular flexibility index (Phi) is 23.1. The number of hydrogen-bond donors (Lipinski definition) is 0. The molecule has 0 N–H and O–H groups in total. The van der Waals surface area contributed by atoms with Crippen LogP contribution >= 0.6 is 0 Å². The topological polar surface area (TPSA) is 211 Å². The Bertz CT molecular complexity index is 3360. The fraction of sp³-hybridized carbons (Fsp3) is 0.438. The van der Waals surface area contributed by atoms with Gasteiger partial charge in [0.2, 0.25) is 0 Å². The molecular formula is C73H92B3N3O16. The van der Waals surface area contributed by atoms with Gasteiger partial charge in [0, 0.05) is 19.6 Å². The number of benzene rings is 5. The van der Waals surface area contributed by atoms with E-state index < -0.39 is 67.0 Å². The number of carbonyl (C=O) groups excluding carboxylic acids is 6. The van der Waals surface area contributed by atoms with Gasteiger partial charge in [0.1, 0.15) is 5.50 Å². The summed E-state index contributed by atoms with van der Waals surface area (Å²) in [5.41, 5.74) is 4.02. The van der Waals surface area contributed by atoms with E-state index in [0.717, 1.165) is 79.2 Å². The van der Waals surface area contributed by atoms with E-state index in [-0.39, 0.29) is 90.7 Å². The lowest BCUT2D eigenvalue weighted by Gasteiger charge is -2.41. The monoisotopic (exact) mass is 1300 g/mol. The molecule has 13 rings (SSSR count). The van der Waals surface area contributed by atoms with Crippen LogP contribution in [0.3, 0.4) is 0 Å². The summed E-state index contributed by atoms with van der Waals surface area (Å²) in [6.07, 6.45) is 12.4. The van der Waals surface area contributed by atoms with Gasteiger partial charge in [0.05, 0.1) is 82.9 Å². The zero-order valence-corrected chi connectivity index (χ0v) is 53.9. The molecule has 8 fully saturated rings. The summed E-state index contributed by atoms with van der Waals surface area (Å²) in [4.78, 5) is 82.0. The maximum atomic E-state index is 12.8. The van der Waals surface area contributed by atoms with Gasteiger partial charge in [0.15, 0.2) is 0 Å². The normalized spacial score (nSPS) is 28.1. The molecule has 5 heterocycles. The highest BCUT2D eigenvalue weighted by Gasteiger charge is 2.72. The Morgan fingerprint density at radius 3 is 1.42 bits per heavy atom. The highest BCUT2D eigenvalue weighted by molar-refractivity contribution is 6.78. The second-order valence-electron chi connectivity index (χ2n) is 26.5. The molecule has 5 saturated heterocycles. The van der Waals surface area contributed by atoms with Crippen LogP contribution in [0.5, 0.6) is 0 Å². The van der Waals surface area contributed by atoms with Crippen molar-refractivity contribution >= 4 is 61.5 Å². The van der Waals surface area contributed by atoms with E-state index in [0.29, 0.717) is 19.1 Å². The van der Waals surface area contributed by atoms with E-state index in [1.807, 2.05) is 166 Å². The van der Waals surface area contributed by atoms with Crippen molar-refractivity contribution in [3.05, 3.63) is 206 Å². The predicted molar refractivity (Wildman–Crippen MR) is 363 cm³/mol. The van der Waals surface area contributed by atoms with Gasteiger partial charge in [-0.05, 0) is 112 Å². The van der Waals surface area contributed by atoms with Gasteiger partial charge in [-0.2, -0.15) is 0 Å². The van der Waals surface area contributed by atoms with Crippen molar-refractivity contribution in [2.24, 2.45) is 5.92 Å². The molecule has 19 nitrogen and oxygen atoms in total. The SMILES string of the molecule is C.[CH2+][B-]1(/C=C/c2ccccc2)OC(=O)CN([C@@H]2CCC[C@H]2OCc2ccccc2)CC(=O)O1.[CH2+][B-]1(C2OC2c2ccccc2)OC(=O)CN([C@@H]2CCC[C@H]2OCc2ccccc2)CC(=O)O1.[CH2+][B-]1([C@]2(C)O[C@H]2c2ccccc2)OC(=O)CN([C@@H](C)C2CCCCC2)CC(=O)O1.[HH]. The first-order chi connectivity index (χ1) is 45.3. The van der Waals surface area contributed by atoms with E-state index in [1.165, 1.54) is 19.3 Å². The summed E-state index contributed by atoms with van der Waals surface area (Å²) >= 11 is 0. The molecule has 9 atom stereocenters. The van der Waals surface area contributed by atoms with Gasteiger partial charge in [-0.1, -0.05) is 191 Å². The van der Waals surface area contributed by atoms with Crippen LogP contribution in [0.25, 0.3) is 6.08 Å². The minimum Gasteiger partial charge on any atom is -0.614 e. The van der Waals surface area contributed by atoms with E-state index in [4.69, 9.17) is 46.9 Å². The van der Waals surface area contributed by atoms with Gasteiger partial charge in [-0.25, -0.2) is 0 Å². The second kappa shape index (κ2) is 31.4. The standard InChI is InChI=1S/C25H28BNO6.C25H28BNO5.C22H30BNO5.CH4.H2/c1-26(25-24(31-25)19-11-6-3-7-12-19)32-22(28)15-27(16-23(29)33-26)20-13-8-14-21(20)30-17-18-9-4-2-5-10-18;1-26(16-15-20-9-4-2-5-10-20)31-24(28)17-27(18-25(29)32-26)22-13-8-14-23(22)30-19-21-11-6-3-7-12-21;1-16(17-10-6-4-7-11-17)24-14-19(25)28-23(3,29-20(26)15-24)22(2)21(27-22)18-12-8-5-9-13-18;;/h2-7,9-12,20-21,24-25H,1,8,13-17H2;2-7,9-12,15-16,22-23H,1,8,13-14,17-19H2;5,8-9,12-13,16-17,21H,3-4,6-7,10-11,14-15H2,1-2H3;1H4;1H/b;16-15+;;;/t20-,21-,24?,25?;22-,23-;16-,21-,22+;;/m110../s1. The zero-order valence-electron chi connectivity index (χ0n) is 53.9. The first-order valence-corrected chi connectivity index (χ1v) is 33.4. The predicted octanol–water partition coefficient (Wildman–Crippen LogP) is 10.7. The number of carbonyl (C=O) groups is 6. The zero-order chi connectivity index (χ0) is 65.9. The third kappa shape index (κ3) is 18.0. The lowest BCUT2D eigenvalue weighted by Crippen LogP contribution is -2.60. The Hall–Kier alpha value is -7.82. The van der Waals surface area contributed by atoms with Crippen molar-refractivity contribution in [2.75, 3.05) is 39.3 Å². The summed E-state index contributed by atoms with van der Waals surface area (Å²) in [6, 6.07) is 48.1. The summed E-state index contributed by atoms with van der Waals surface area (Å²) in [6.45, 7) is 9.49. The third-order valence-corrected chi connectivity index (χ3v) is 19.6. The fourth-order valence-corrected chi connectivity index (χ4v) is 14.3. The maximum absolute atomic E-state index is 12.8. The summed E-state index contributed by atoms with van der Waals surface area (Å²) in [5, 5.41) is 0. The Balaban J connectivity index is 0.000000168. The minimum absolute atomic E-state index is 0. The van der Waals surface area contributed by atoms with E-state index in [2.05, 4.69) is 27.4 Å². The van der Waals surface area contributed by atoms with Gasteiger partial charge in [0.25, 0.3) is 35.8 Å². The Morgan fingerprint density at radius 1 is 0.526 bits per heavy atom. The molecule has 0 amide bonds.